The van der Waals surface area contributed by atoms with E-state index >= 15 is 0 Å². The molecule has 0 unspecified atom stereocenters. The first-order chi connectivity index (χ1) is 16.2. The summed E-state index contributed by atoms with van der Waals surface area (Å²) in [4.78, 5) is 39.0. The summed E-state index contributed by atoms with van der Waals surface area (Å²) < 4.78 is 27.2. The lowest BCUT2D eigenvalue weighted by atomic mass is 9.83. The molecule has 0 aliphatic heterocycles. The van der Waals surface area contributed by atoms with Crippen molar-refractivity contribution in [1.29, 1.82) is 0 Å². The van der Waals surface area contributed by atoms with Crippen molar-refractivity contribution < 1.29 is 22.8 Å². The van der Waals surface area contributed by atoms with Crippen LogP contribution in [0.4, 0.5) is 5.69 Å². The highest BCUT2D eigenvalue weighted by molar-refractivity contribution is 7.89. The zero-order chi connectivity index (χ0) is 24.6. The van der Waals surface area contributed by atoms with Gasteiger partial charge in [-0.05, 0) is 24.3 Å². The summed E-state index contributed by atoms with van der Waals surface area (Å²) in [6, 6.07) is 15.1. The topological polar surface area (TPSA) is 101 Å². The monoisotopic (exact) mass is 496 g/mol. The van der Waals surface area contributed by atoms with Crippen molar-refractivity contribution in [1.82, 2.24) is 4.31 Å². The molecular formula is C25H21ClN2O5S. The van der Waals surface area contributed by atoms with E-state index in [0.717, 1.165) is 0 Å². The zero-order valence-corrected chi connectivity index (χ0v) is 20.0. The normalized spacial score (nSPS) is 12.9. The van der Waals surface area contributed by atoms with Crippen LogP contribution in [0.2, 0.25) is 5.02 Å². The molecule has 9 heteroatoms. The number of carbonyl (C=O) groups is 3. The highest BCUT2D eigenvalue weighted by Gasteiger charge is 2.32. The lowest BCUT2D eigenvalue weighted by molar-refractivity contribution is 0.0978. The summed E-state index contributed by atoms with van der Waals surface area (Å²) in [5.41, 5.74) is 1.08. The van der Waals surface area contributed by atoms with Gasteiger partial charge in [0.1, 0.15) is 4.90 Å². The van der Waals surface area contributed by atoms with Crippen LogP contribution in [-0.4, -0.2) is 43.3 Å². The molecule has 0 saturated carbocycles. The summed E-state index contributed by atoms with van der Waals surface area (Å²) in [5.74, 6) is -1.32. The van der Waals surface area contributed by atoms with Crippen LogP contribution in [-0.2, 0) is 10.0 Å². The number of rotatable bonds is 6. The smallest absolute Gasteiger partial charge is 0.255 e. The Bertz CT molecular complexity index is 1450. The second kappa shape index (κ2) is 9.13. The van der Waals surface area contributed by atoms with Gasteiger partial charge in [-0.1, -0.05) is 61.8 Å². The van der Waals surface area contributed by atoms with Gasteiger partial charge in [-0.2, -0.15) is 4.31 Å². The third-order valence-electron chi connectivity index (χ3n) is 5.72. The molecule has 1 aliphatic rings. The largest absolute Gasteiger partial charge is 0.321 e. The third kappa shape index (κ3) is 3.94. The molecule has 7 nitrogen and oxygen atoms in total. The quantitative estimate of drug-likeness (QED) is 0.426. The number of amides is 1. The fourth-order valence-electron chi connectivity index (χ4n) is 3.99. The second-order valence-electron chi connectivity index (χ2n) is 7.62. The minimum Gasteiger partial charge on any atom is -0.321 e. The van der Waals surface area contributed by atoms with Gasteiger partial charge in [0, 0.05) is 35.3 Å². The first-order valence-corrected chi connectivity index (χ1v) is 12.4. The molecule has 3 aromatic rings. The first kappa shape index (κ1) is 23.8. The SMILES string of the molecule is CCN(CC)S(=O)(=O)c1cc(C(=O)Nc2cccc3c2C(=O)c2ccccc2C3=O)ccc1Cl. The van der Waals surface area contributed by atoms with Crippen LogP contribution in [0.15, 0.2) is 65.6 Å². The number of sulfonamides is 1. The molecule has 174 valence electrons. The maximum Gasteiger partial charge on any atom is 0.255 e. The summed E-state index contributed by atoms with van der Waals surface area (Å²) in [7, 11) is -3.90. The molecule has 0 heterocycles. The summed E-state index contributed by atoms with van der Waals surface area (Å²) in [6.07, 6.45) is 0. The number of ketones is 2. The lowest BCUT2D eigenvalue weighted by Crippen LogP contribution is -2.31. The van der Waals surface area contributed by atoms with Gasteiger partial charge < -0.3 is 5.32 Å². The van der Waals surface area contributed by atoms with Gasteiger partial charge in [-0.15, -0.1) is 0 Å². The van der Waals surface area contributed by atoms with E-state index in [4.69, 9.17) is 11.6 Å². The van der Waals surface area contributed by atoms with Crippen molar-refractivity contribution >= 4 is 44.8 Å². The van der Waals surface area contributed by atoms with E-state index in [0.29, 0.717) is 5.56 Å². The van der Waals surface area contributed by atoms with Crippen LogP contribution in [0, 0.1) is 0 Å². The maximum atomic E-state index is 13.2. The van der Waals surface area contributed by atoms with Gasteiger partial charge in [0.2, 0.25) is 10.0 Å². The van der Waals surface area contributed by atoms with Crippen LogP contribution in [0.5, 0.6) is 0 Å². The lowest BCUT2D eigenvalue weighted by Gasteiger charge is -2.21. The van der Waals surface area contributed by atoms with Crippen LogP contribution in [0.1, 0.15) is 56.0 Å². The van der Waals surface area contributed by atoms with E-state index in [1.807, 2.05) is 0 Å². The number of hydrogen-bond acceptors (Lipinski definition) is 5. The van der Waals surface area contributed by atoms with Crippen LogP contribution < -0.4 is 5.32 Å². The molecule has 1 aliphatic carbocycles. The van der Waals surface area contributed by atoms with Crippen molar-refractivity contribution in [3.63, 3.8) is 0 Å². The van der Waals surface area contributed by atoms with Gasteiger partial charge >= 0.3 is 0 Å². The molecule has 0 atom stereocenters. The van der Waals surface area contributed by atoms with E-state index in [2.05, 4.69) is 5.32 Å². The van der Waals surface area contributed by atoms with Crippen molar-refractivity contribution in [3.05, 3.63) is 93.5 Å². The Balaban J connectivity index is 1.72. The average molecular weight is 497 g/mol. The molecule has 0 spiro atoms. The Morgan fingerprint density at radius 3 is 2.15 bits per heavy atom. The van der Waals surface area contributed by atoms with E-state index in [1.54, 1.807) is 44.2 Å². The van der Waals surface area contributed by atoms with Crippen LogP contribution in [0.25, 0.3) is 0 Å². The van der Waals surface area contributed by atoms with Gasteiger partial charge in [-0.3, -0.25) is 14.4 Å². The Kier molecular flexibility index (Phi) is 6.40. The molecule has 4 rings (SSSR count). The Morgan fingerprint density at radius 1 is 0.882 bits per heavy atom. The number of halogens is 1. The molecule has 0 radical (unpaired) electrons. The first-order valence-electron chi connectivity index (χ1n) is 10.6. The highest BCUT2D eigenvalue weighted by Crippen LogP contribution is 2.32. The molecule has 1 N–H and O–H groups in total. The van der Waals surface area contributed by atoms with Crippen molar-refractivity contribution in [3.8, 4) is 0 Å². The molecule has 0 aromatic heterocycles. The summed E-state index contributed by atoms with van der Waals surface area (Å²) in [6.45, 7) is 3.92. The number of benzene rings is 3. The van der Waals surface area contributed by atoms with Crippen molar-refractivity contribution in [2.75, 3.05) is 18.4 Å². The van der Waals surface area contributed by atoms with Crippen molar-refractivity contribution in [2.45, 2.75) is 18.7 Å². The van der Waals surface area contributed by atoms with Gasteiger partial charge in [-0.25, -0.2) is 8.42 Å². The van der Waals surface area contributed by atoms with Crippen LogP contribution >= 0.6 is 11.6 Å². The number of anilines is 1. The molecule has 0 fully saturated rings. The minimum atomic E-state index is -3.90. The Labute approximate surface area is 202 Å². The van der Waals surface area contributed by atoms with Crippen LogP contribution in [0.3, 0.4) is 0 Å². The summed E-state index contributed by atoms with van der Waals surface area (Å²) >= 11 is 6.16. The van der Waals surface area contributed by atoms with Gasteiger partial charge in [0.15, 0.2) is 11.6 Å². The predicted octanol–water partition coefficient (Wildman–Crippen LogP) is 4.40. The number of nitrogens with one attached hydrogen (secondary N) is 1. The van der Waals surface area contributed by atoms with Gasteiger partial charge in [0.05, 0.1) is 16.3 Å². The van der Waals surface area contributed by atoms with E-state index < -0.39 is 15.9 Å². The predicted molar refractivity (Wildman–Crippen MR) is 129 cm³/mol. The maximum absolute atomic E-state index is 13.2. The third-order valence-corrected chi connectivity index (χ3v) is 8.25. The van der Waals surface area contributed by atoms with E-state index in [9.17, 15) is 22.8 Å². The number of hydrogen-bond donors (Lipinski definition) is 1. The zero-order valence-electron chi connectivity index (χ0n) is 18.5. The molecule has 0 saturated heterocycles. The molecule has 1 amide bonds. The number of fused-ring (bicyclic) bond motifs is 2. The molecule has 0 bridgehead atoms. The minimum absolute atomic E-state index is 0.00192. The summed E-state index contributed by atoms with van der Waals surface area (Å²) in [5, 5.41) is 2.66. The average Bonchev–Trinajstić information content (AvgIpc) is 2.83. The second-order valence-corrected chi connectivity index (χ2v) is 9.93. The molecule has 3 aromatic carbocycles. The van der Waals surface area contributed by atoms with E-state index in [-0.39, 0.29) is 62.5 Å². The van der Waals surface area contributed by atoms with E-state index in [1.165, 1.54) is 34.6 Å². The highest BCUT2D eigenvalue weighted by atomic mass is 35.5. The fourth-order valence-corrected chi connectivity index (χ4v) is 5.95. The molecule has 34 heavy (non-hydrogen) atoms. The fraction of sp³-hybridized carbons (Fsp3) is 0.160. The van der Waals surface area contributed by atoms with Crippen molar-refractivity contribution in [2.24, 2.45) is 0 Å². The standard InChI is InChI=1S/C25H21ClN2O5S/c1-3-28(4-2)34(32,33)21-14-15(12-13-19(21)26)25(31)27-20-11-7-10-18-22(20)24(30)17-9-6-5-8-16(17)23(18)29/h5-14H,3-4H2,1-2H3,(H,27,31). The molecular weight excluding hydrogens is 476 g/mol. The Hall–Kier alpha value is -3.33. The van der Waals surface area contributed by atoms with Gasteiger partial charge in [0.25, 0.3) is 5.91 Å². The number of carbonyl (C=O) groups excluding carboxylic acids is 3. The Morgan fingerprint density at radius 2 is 1.50 bits per heavy atom. The number of nitrogens with zero attached hydrogens (tertiary/aromatic N) is 1.